The molecule has 84 valence electrons. The highest BCUT2D eigenvalue weighted by Crippen LogP contribution is 2.05. The number of carboxylic acid groups (broad SMARTS) is 1. The Labute approximate surface area is 86.6 Å². The average Bonchev–Trinajstić information content (AvgIpc) is 2.67. The standard InChI is InChI=1S/C7H11N3O4S/c1-2-5(7(11)12)10-15(13,14)6-3-4-8-9-6/h3-5,10H,2H2,1H3,(H,8,9)(H,11,12). The molecule has 8 heteroatoms. The van der Waals surface area contributed by atoms with E-state index in [9.17, 15) is 13.2 Å². The van der Waals surface area contributed by atoms with E-state index in [1.165, 1.54) is 12.3 Å². The van der Waals surface area contributed by atoms with Gasteiger partial charge in [0.05, 0.1) is 6.20 Å². The van der Waals surface area contributed by atoms with Crippen molar-refractivity contribution < 1.29 is 18.3 Å². The minimum absolute atomic E-state index is 0.151. The van der Waals surface area contributed by atoms with Crippen LogP contribution in [-0.2, 0) is 14.8 Å². The first-order valence-electron chi connectivity index (χ1n) is 4.22. The predicted octanol–water partition coefficient (Wildman–Crippen LogP) is -0.449. The number of hydrogen-bond donors (Lipinski definition) is 3. The van der Waals surface area contributed by atoms with Crippen molar-refractivity contribution in [2.24, 2.45) is 0 Å². The number of aromatic amines is 1. The molecule has 0 aliphatic carbocycles. The van der Waals surface area contributed by atoms with E-state index in [-0.39, 0.29) is 11.4 Å². The molecular formula is C7H11N3O4S. The zero-order valence-corrected chi connectivity index (χ0v) is 8.78. The van der Waals surface area contributed by atoms with Gasteiger partial charge < -0.3 is 5.11 Å². The summed E-state index contributed by atoms with van der Waals surface area (Å²) in [4.78, 5) is 10.6. The SMILES string of the molecule is CCC(NS(=O)(=O)c1ccn[nH]1)C(=O)O. The number of sulfonamides is 1. The molecule has 1 unspecified atom stereocenters. The van der Waals surface area contributed by atoms with Crippen LogP contribution in [0.1, 0.15) is 13.3 Å². The van der Waals surface area contributed by atoms with Gasteiger partial charge in [0.25, 0.3) is 10.0 Å². The maximum atomic E-state index is 11.5. The highest BCUT2D eigenvalue weighted by Gasteiger charge is 2.24. The van der Waals surface area contributed by atoms with Gasteiger partial charge in [-0.3, -0.25) is 9.89 Å². The quantitative estimate of drug-likeness (QED) is 0.637. The summed E-state index contributed by atoms with van der Waals surface area (Å²) in [6, 6.07) is 0.120. The summed E-state index contributed by atoms with van der Waals surface area (Å²) in [5, 5.41) is 14.3. The first-order valence-corrected chi connectivity index (χ1v) is 5.70. The molecule has 1 heterocycles. The lowest BCUT2D eigenvalue weighted by molar-refractivity contribution is -0.139. The Morgan fingerprint density at radius 2 is 2.40 bits per heavy atom. The Bertz CT molecular complexity index is 425. The molecule has 0 saturated carbocycles. The molecule has 7 nitrogen and oxygen atoms in total. The molecule has 0 fully saturated rings. The molecule has 1 atom stereocenters. The zero-order chi connectivity index (χ0) is 11.5. The molecule has 0 radical (unpaired) electrons. The van der Waals surface area contributed by atoms with Gasteiger partial charge in [-0.2, -0.15) is 9.82 Å². The molecule has 0 aliphatic rings. The van der Waals surface area contributed by atoms with Crippen LogP contribution >= 0.6 is 0 Å². The van der Waals surface area contributed by atoms with Crippen molar-refractivity contribution in [2.45, 2.75) is 24.4 Å². The summed E-state index contributed by atoms with van der Waals surface area (Å²) in [5.74, 6) is -1.21. The van der Waals surface area contributed by atoms with Crippen LogP contribution in [0.4, 0.5) is 0 Å². The van der Waals surface area contributed by atoms with Gasteiger partial charge >= 0.3 is 5.97 Å². The predicted molar refractivity (Wildman–Crippen MR) is 50.6 cm³/mol. The Morgan fingerprint density at radius 3 is 2.80 bits per heavy atom. The zero-order valence-electron chi connectivity index (χ0n) is 7.97. The second kappa shape index (κ2) is 4.41. The number of rotatable bonds is 5. The van der Waals surface area contributed by atoms with Gasteiger partial charge in [-0.1, -0.05) is 6.92 Å². The van der Waals surface area contributed by atoms with Crippen molar-refractivity contribution in [3.8, 4) is 0 Å². The number of carbonyl (C=O) groups is 1. The third-order valence-electron chi connectivity index (χ3n) is 1.77. The Kier molecular flexibility index (Phi) is 3.43. The molecule has 1 aromatic rings. The molecule has 0 amide bonds. The Morgan fingerprint density at radius 1 is 1.73 bits per heavy atom. The number of hydrogen-bond acceptors (Lipinski definition) is 4. The monoisotopic (exact) mass is 233 g/mol. The van der Waals surface area contributed by atoms with Crippen molar-refractivity contribution in [3.63, 3.8) is 0 Å². The number of nitrogens with one attached hydrogen (secondary N) is 2. The summed E-state index contributed by atoms with van der Waals surface area (Å²) in [5.41, 5.74) is 0. The van der Waals surface area contributed by atoms with Crippen LogP contribution in [0.25, 0.3) is 0 Å². The summed E-state index contributed by atoms with van der Waals surface area (Å²) < 4.78 is 25.1. The van der Waals surface area contributed by atoms with Crippen molar-refractivity contribution >= 4 is 16.0 Å². The fraction of sp³-hybridized carbons (Fsp3) is 0.429. The molecular weight excluding hydrogens is 222 g/mol. The van der Waals surface area contributed by atoms with Crippen LogP contribution in [0.3, 0.4) is 0 Å². The molecule has 1 rings (SSSR count). The van der Waals surface area contributed by atoms with E-state index in [1.807, 2.05) is 4.72 Å². The maximum Gasteiger partial charge on any atom is 0.321 e. The van der Waals surface area contributed by atoms with Crippen LogP contribution in [0.15, 0.2) is 17.3 Å². The third kappa shape index (κ3) is 2.77. The van der Waals surface area contributed by atoms with Crippen LogP contribution < -0.4 is 4.72 Å². The summed E-state index contributed by atoms with van der Waals surface area (Å²) in [6.07, 6.45) is 1.44. The Hall–Kier alpha value is -1.41. The van der Waals surface area contributed by atoms with Gasteiger partial charge in [-0.25, -0.2) is 8.42 Å². The van der Waals surface area contributed by atoms with E-state index in [0.717, 1.165) is 0 Å². The fourth-order valence-electron chi connectivity index (χ4n) is 0.952. The maximum absolute atomic E-state index is 11.5. The van der Waals surface area contributed by atoms with Crippen molar-refractivity contribution in [1.82, 2.24) is 14.9 Å². The van der Waals surface area contributed by atoms with Gasteiger partial charge in [-0.15, -0.1) is 0 Å². The largest absolute Gasteiger partial charge is 0.480 e. The second-order valence-corrected chi connectivity index (χ2v) is 4.52. The van der Waals surface area contributed by atoms with E-state index in [1.54, 1.807) is 6.92 Å². The van der Waals surface area contributed by atoms with Gasteiger partial charge in [-0.05, 0) is 12.5 Å². The smallest absolute Gasteiger partial charge is 0.321 e. The first-order chi connectivity index (χ1) is 6.97. The first kappa shape index (κ1) is 11.7. The molecule has 0 saturated heterocycles. The minimum atomic E-state index is -3.82. The number of nitrogens with zero attached hydrogens (tertiary/aromatic N) is 1. The normalized spacial score (nSPS) is 13.7. The van der Waals surface area contributed by atoms with Crippen LogP contribution in [0.2, 0.25) is 0 Å². The minimum Gasteiger partial charge on any atom is -0.480 e. The average molecular weight is 233 g/mol. The van der Waals surface area contributed by atoms with Gasteiger partial charge in [0, 0.05) is 0 Å². The molecule has 3 N–H and O–H groups in total. The Balaban J connectivity index is 2.86. The van der Waals surface area contributed by atoms with E-state index in [4.69, 9.17) is 5.11 Å². The number of H-pyrrole nitrogens is 1. The molecule has 15 heavy (non-hydrogen) atoms. The molecule has 0 bridgehead atoms. The third-order valence-corrected chi connectivity index (χ3v) is 3.17. The summed E-state index contributed by atoms with van der Waals surface area (Å²) in [7, 11) is -3.82. The van der Waals surface area contributed by atoms with Gasteiger partial charge in [0.2, 0.25) is 0 Å². The molecule has 0 aromatic carbocycles. The van der Waals surface area contributed by atoms with E-state index in [0.29, 0.717) is 0 Å². The van der Waals surface area contributed by atoms with Crippen LogP contribution in [0.5, 0.6) is 0 Å². The van der Waals surface area contributed by atoms with E-state index in [2.05, 4.69) is 10.2 Å². The number of aliphatic carboxylic acids is 1. The molecule has 0 spiro atoms. The second-order valence-electron chi connectivity index (χ2n) is 2.84. The van der Waals surface area contributed by atoms with Crippen molar-refractivity contribution in [1.29, 1.82) is 0 Å². The van der Waals surface area contributed by atoms with Crippen LogP contribution in [-0.4, -0.2) is 35.7 Å². The lowest BCUT2D eigenvalue weighted by atomic mass is 10.2. The van der Waals surface area contributed by atoms with Gasteiger partial charge in [0.15, 0.2) is 5.03 Å². The summed E-state index contributed by atoms with van der Waals surface area (Å²) >= 11 is 0. The molecule has 1 aromatic heterocycles. The highest BCUT2D eigenvalue weighted by atomic mass is 32.2. The van der Waals surface area contributed by atoms with Gasteiger partial charge in [0.1, 0.15) is 6.04 Å². The number of aromatic nitrogens is 2. The van der Waals surface area contributed by atoms with E-state index >= 15 is 0 Å². The molecule has 0 aliphatic heterocycles. The number of carboxylic acids is 1. The topological polar surface area (TPSA) is 112 Å². The van der Waals surface area contributed by atoms with Crippen molar-refractivity contribution in [3.05, 3.63) is 12.3 Å². The van der Waals surface area contributed by atoms with E-state index < -0.39 is 22.0 Å². The summed E-state index contributed by atoms with van der Waals surface area (Å²) in [6.45, 7) is 1.58. The lowest BCUT2D eigenvalue weighted by Gasteiger charge is -2.10. The lowest BCUT2D eigenvalue weighted by Crippen LogP contribution is -2.40. The highest BCUT2D eigenvalue weighted by molar-refractivity contribution is 7.89. The van der Waals surface area contributed by atoms with Crippen molar-refractivity contribution in [2.75, 3.05) is 0 Å². The fourth-order valence-corrected chi connectivity index (χ4v) is 2.13. The van der Waals surface area contributed by atoms with Crippen LogP contribution in [0, 0.1) is 0 Å².